The van der Waals surface area contributed by atoms with Gasteiger partial charge in [-0.3, -0.25) is 4.79 Å². The Morgan fingerprint density at radius 2 is 2.24 bits per heavy atom. The lowest BCUT2D eigenvalue weighted by atomic mass is 10.1. The normalized spacial score (nSPS) is 16.4. The molecule has 1 aliphatic rings. The molecule has 0 saturated carbocycles. The van der Waals surface area contributed by atoms with Crippen molar-refractivity contribution < 1.29 is 13.9 Å². The third kappa shape index (κ3) is 2.59. The quantitative estimate of drug-likeness (QED) is 0.943. The van der Waals surface area contributed by atoms with Crippen molar-refractivity contribution in [3.05, 3.63) is 59.0 Å². The number of carbonyl (C=O) groups is 1. The van der Waals surface area contributed by atoms with Gasteiger partial charge in [0.25, 0.3) is 5.91 Å². The summed E-state index contributed by atoms with van der Waals surface area (Å²) < 4.78 is 18.3. The fraction of sp³-hybridized carbons (Fsp3) is 0.250. The Bertz CT molecular complexity index is 688. The van der Waals surface area contributed by atoms with Crippen molar-refractivity contribution in [3.63, 3.8) is 0 Å². The van der Waals surface area contributed by atoms with E-state index in [-0.39, 0.29) is 23.4 Å². The van der Waals surface area contributed by atoms with Crippen LogP contribution in [0, 0.1) is 5.82 Å². The van der Waals surface area contributed by atoms with Gasteiger partial charge in [-0.05, 0) is 30.0 Å². The highest BCUT2D eigenvalue weighted by Crippen LogP contribution is 2.31. The van der Waals surface area contributed by atoms with E-state index in [0.717, 1.165) is 30.7 Å². The summed E-state index contributed by atoms with van der Waals surface area (Å²) in [6, 6.07) is 9.10. The maximum Gasteiger partial charge on any atom is 0.257 e. The molecule has 108 valence electrons. The lowest BCUT2D eigenvalue weighted by Crippen LogP contribution is -2.27. The highest BCUT2D eigenvalue weighted by molar-refractivity contribution is 5.96. The Balaban J connectivity index is 1.83. The molecule has 1 unspecified atom stereocenters. The summed E-state index contributed by atoms with van der Waals surface area (Å²) >= 11 is 0. The summed E-state index contributed by atoms with van der Waals surface area (Å²) in [7, 11) is 1.40. The first-order chi connectivity index (χ1) is 10.2. The predicted molar refractivity (Wildman–Crippen MR) is 75.7 cm³/mol. The van der Waals surface area contributed by atoms with Crippen molar-refractivity contribution in [2.45, 2.75) is 18.9 Å². The Morgan fingerprint density at radius 3 is 3.05 bits per heavy atom. The molecule has 1 amide bonds. The molecule has 3 rings (SSSR count). The minimum absolute atomic E-state index is 0.0540. The van der Waals surface area contributed by atoms with Crippen molar-refractivity contribution in [1.29, 1.82) is 0 Å². The highest BCUT2D eigenvalue weighted by Gasteiger charge is 2.25. The van der Waals surface area contributed by atoms with Crippen LogP contribution in [0.3, 0.4) is 0 Å². The van der Waals surface area contributed by atoms with Crippen LogP contribution in [0.5, 0.6) is 5.88 Å². The number of benzene rings is 1. The number of nitrogens with one attached hydrogen (secondary N) is 1. The number of amides is 1. The average molecular weight is 286 g/mol. The summed E-state index contributed by atoms with van der Waals surface area (Å²) in [5.41, 5.74) is 2.48. The lowest BCUT2D eigenvalue weighted by molar-refractivity contribution is 0.0932. The first-order valence-corrected chi connectivity index (χ1v) is 6.77. The van der Waals surface area contributed by atoms with Crippen LogP contribution in [-0.4, -0.2) is 18.0 Å². The van der Waals surface area contributed by atoms with Crippen LogP contribution in [0.2, 0.25) is 0 Å². The number of hydrogen-bond donors (Lipinski definition) is 1. The van der Waals surface area contributed by atoms with E-state index in [4.69, 9.17) is 4.74 Å². The molecule has 5 heteroatoms. The molecule has 0 aliphatic heterocycles. The maximum absolute atomic E-state index is 13.3. The van der Waals surface area contributed by atoms with Gasteiger partial charge in [0.05, 0.1) is 19.3 Å². The van der Waals surface area contributed by atoms with Crippen molar-refractivity contribution in [1.82, 2.24) is 10.3 Å². The average Bonchev–Trinajstić information content (AvgIpc) is 2.90. The van der Waals surface area contributed by atoms with Crippen LogP contribution >= 0.6 is 0 Å². The van der Waals surface area contributed by atoms with E-state index >= 15 is 0 Å². The molecule has 21 heavy (non-hydrogen) atoms. The minimum Gasteiger partial charge on any atom is -0.480 e. The lowest BCUT2D eigenvalue weighted by Gasteiger charge is -2.15. The number of fused-ring (bicyclic) bond motifs is 1. The number of pyridine rings is 1. The number of carbonyl (C=O) groups excluding carboxylic acids is 1. The molecule has 0 spiro atoms. The summed E-state index contributed by atoms with van der Waals surface area (Å²) in [6.07, 6.45) is 2.80. The number of methoxy groups -OCH3 is 1. The van der Waals surface area contributed by atoms with Crippen LogP contribution in [-0.2, 0) is 6.42 Å². The van der Waals surface area contributed by atoms with Gasteiger partial charge in [-0.1, -0.05) is 24.3 Å². The third-order valence-corrected chi connectivity index (χ3v) is 3.69. The molecule has 2 aromatic rings. The van der Waals surface area contributed by atoms with Gasteiger partial charge in [0.2, 0.25) is 5.88 Å². The van der Waals surface area contributed by atoms with E-state index in [0.29, 0.717) is 0 Å². The SMILES string of the molecule is COc1ncc(F)cc1C(=O)NC1CCc2ccccc21. The van der Waals surface area contributed by atoms with Crippen LogP contribution in [0.25, 0.3) is 0 Å². The first-order valence-electron chi connectivity index (χ1n) is 6.77. The second kappa shape index (κ2) is 5.52. The second-order valence-electron chi connectivity index (χ2n) is 4.97. The Hall–Kier alpha value is -2.43. The molecular formula is C16H15FN2O2. The molecule has 1 heterocycles. The monoisotopic (exact) mass is 286 g/mol. The standard InChI is InChI=1S/C16H15FN2O2/c1-21-16-13(8-11(17)9-18-16)15(20)19-14-7-6-10-4-2-3-5-12(10)14/h2-5,8-9,14H,6-7H2,1H3,(H,19,20). The van der Waals surface area contributed by atoms with E-state index in [1.807, 2.05) is 18.2 Å². The largest absolute Gasteiger partial charge is 0.480 e. The maximum atomic E-state index is 13.3. The van der Waals surface area contributed by atoms with Crippen molar-refractivity contribution >= 4 is 5.91 Å². The van der Waals surface area contributed by atoms with E-state index in [2.05, 4.69) is 16.4 Å². The van der Waals surface area contributed by atoms with Gasteiger partial charge in [-0.15, -0.1) is 0 Å². The topological polar surface area (TPSA) is 51.2 Å². The van der Waals surface area contributed by atoms with Crippen LogP contribution in [0.4, 0.5) is 4.39 Å². The fourth-order valence-electron chi connectivity index (χ4n) is 2.70. The number of ether oxygens (including phenoxy) is 1. The summed E-state index contributed by atoms with van der Waals surface area (Å²) in [5, 5.41) is 2.93. The van der Waals surface area contributed by atoms with Crippen LogP contribution in [0.15, 0.2) is 36.5 Å². The Morgan fingerprint density at radius 1 is 1.43 bits per heavy atom. The second-order valence-corrected chi connectivity index (χ2v) is 4.97. The van der Waals surface area contributed by atoms with Gasteiger partial charge >= 0.3 is 0 Å². The number of halogens is 1. The number of hydrogen-bond acceptors (Lipinski definition) is 3. The number of rotatable bonds is 3. The highest BCUT2D eigenvalue weighted by atomic mass is 19.1. The van der Waals surface area contributed by atoms with Gasteiger partial charge in [0, 0.05) is 0 Å². The molecule has 1 aromatic heterocycles. The minimum atomic E-state index is -0.562. The molecule has 4 nitrogen and oxygen atoms in total. The zero-order chi connectivity index (χ0) is 14.8. The van der Waals surface area contributed by atoms with E-state index in [1.165, 1.54) is 12.7 Å². The van der Waals surface area contributed by atoms with Gasteiger partial charge in [0.15, 0.2) is 0 Å². The summed E-state index contributed by atoms with van der Waals surface area (Å²) in [6.45, 7) is 0. The third-order valence-electron chi connectivity index (χ3n) is 3.69. The van der Waals surface area contributed by atoms with Crippen molar-refractivity contribution in [2.75, 3.05) is 7.11 Å². The number of aromatic nitrogens is 1. The molecule has 1 aliphatic carbocycles. The van der Waals surface area contributed by atoms with Gasteiger partial charge in [-0.2, -0.15) is 0 Å². The van der Waals surface area contributed by atoms with Crippen molar-refractivity contribution in [2.24, 2.45) is 0 Å². The molecule has 0 radical (unpaired) electrons. The number of aryl methyl sites for hydroxylation is 1. The van der Waals surface area contributed by atoms with E-state index in [9.17, 15) is 9.18 Å². The van der Waals surface area contributed by atoms with Gasteiger partial charge < -0.3 is 10.1 Å². The molecule has 0 saturated heterocycles. The van der Waals surface area contributed by atoms with Crippen LogP contribution in [0.1, 0.15) is 33.9 Å². The summed E-state index contributed by atoms with van der Waals surface area (Å²) in [4.78, 5) is 16.1. The van der Waals surface area contributed by atoms with Crippen LogP contribution < -0.4 is 10.1 Å². The number of nitrogens with zero attached hydrogens (tertiary/aromatic N) is 1. The molecule has 1 atom stereocenters. The molecular weight excluding hydrogens is 271 g/mol. The fourth-order valence-corrected chi connectivity index (χ4v) is 2.70. The van der Waals surface area contributed by atoms with Gasteiger partial charge in [-0.25, -0.2) is 9.37 Å². The van der Waals surface area contributed by atoms with E-state index in [1.54, 1.807) is 0 Å². The molecule has 1 aromatic carbocycles. The molecule has 1 N–H and O–H groups in total. The zero-order valence-corrected chi connectivity index (χ0v) is 11.6. The predicted octanol–water partition coefficient (Wildman–Crippen LogP) is 2.65. The Labute approximate surface area is 122 Å². The van der Waals surface area contributed by atoms with Gasteiger partial charge in [0.1, 0.15) is 11.4 Å². The zero-order valence-electron chi connectivity index (χ0n) is 11.6. The Kier molecular flexibility index (Phi) is 3.56. The van der Waals surface area contributed by atoms with E-state index < -0.39 is 5.82 Å². The molecule has 0 fully saturated rings. The molecule has 0 bridgehead atoms. The smallest absolute Gasteiger partial charge is 0.257 e. The van der Waals surface area contributed by atoms with Crippen molar-refractivity contribution in [3.8, 4) is 5.88 Å². The summed E-state index contributed by atoms with van der Waals surface area (Å²) in [5.74, 6) is -0.812. The first kappa shape index (κ1) is 13.5.